The van der Waals surface area contributed by atoms with Crippen LogP contribution in [-0.4, -0.2) is 22.7 Å². The lowest BCUT2D eigenvalue weighted by Gasteiger charge is -2.20. The Morgan fingerprint density at radius 3 is 3.12 bits per heavy atom. The molecule has 0 saturated heterocycles. The van der Waals surface area contributed by atoms with Crippen LogP contribution in [-0.2, 0) is 11.3 Å². The fourth-order valence-corrected chi connectivity index (χ4v) is 1.76. The van der Waals surface area contributed by atoms with Gasteiger partial charge in [-0.1, -0.05) is 0 Å². The number of fused-ring (bicyclic) bond motifs is 1. The van der Waals surface area contributed by atoms with Crippen molar-refractivity contribution in [3.05, 3.63) is 16.5 Å². The average Bonchev–Trinajstić information content (AvgIpc) is 2.65. The number of hydrogen-bond acceptors (Lipinski definition) is 3. The summed E-state index contributed by atoms with van der Waals surface area (Å²) in [6.07, 6.45) is 2.32. The summed E-state index contributed by atoms with van der Waals surface area (Å²) in [5.74, 6) is 1.06. The standard InChI is InChI=1S/C9H12N6O/c1-14-8-6-7(11-13-10)12-15(8)5-3-2-4-9(14)16/h6H,2-5H2,1H3. The lowest BCUT2D eigenvalue weighted by molar-refractivity contribution is -0.118. The molecule has 1 aliphatic heterocycles. The van der Waals surface area contributed by atoms with Crippen LogP contribution in [0.2, 0.25) is 0 Å². The zero-order valence-electron chi connectivity index (χ0n) is 9.00. The van der Waals surface area contributed by atoms with E-state index >= 15 is 0 Å². The molecular weight excluding hydrogens is 208 g/mol. The number of anilines is 1. The number of hydrogen-bond donors (Lipinski definition) is 0. The number of aryl methyl sites for hydroxylation is 1. The van der Waals surface area contributed by atoms with E-state index in [2.05, 4.69) is 15.1 Å². The maximum absolute atomic E-state index is 11.7. The van der Waals surface area contributed by atoms with Crippen LogP contribution in [0.4, 0.5) is 11.6 Å². The summed E-state index contributed by atoms with van der Waals surface area (Å²) in [6.45, 7) is 0.744. The minimum atomic E-state index is 0.0633. The topological polar surface area (TPSA) is 86.9 Å². The van der Waals surface area contributed by atoms with E-state index in [-0.39, 0.29) is 5.91 Å². The van der Waals surface area contributed by atoms with E-state index in [1.54, 1.807) is 22.7 Å². The molecule has 2 heterocycles. The van der Waals surface area contributed by atoms with E-state index in [1.165, 1.54) is 0 Å². The summed E-state index contributed by atoms with van der Waals surface area (Å²) >= 11 is 0. The van der Waals surface area contributed by atoms with Crippen molar-refractivity contribution in [1.82, 2.24) is 9.78 Å². The molecule has 7 heteroatoms. The number of carbonyl (C=O) groups excluding carboxylic acids is 1. The Kier molecular flexibility index (Phi) is 2.78. The SMILES string of the molecule is CN1C(=O)CCCCn2nc(N=[N+]=[N-])cc21. The molecule has 0 unspecified atom stereocenters. The molecular formula is C9H12N6O. The Balaban J connectivity index is 2.42. The number of azide groups is 1. The predicted molar refractivity (Wildman–Crippen MR) is 58.3 cm³/mol. The van der Waals surface area contributed by atoms with Crippen LogP contribution in [0.1, 0.15) is 19.3 Å². The average molecular weight is 220 g/mol. The molecule has 84 valence electrons. The van der Waals surface area contributed by atoms with Crippen LogP contribution in [0.15, 0.2) is 11.2 Å². The van der Waals surface area contributed by atoms with Crippen molar-refractivity contribution in [2.24, 2.45) is 5.11 Å². The van der Waals surface area contributed by atoms with Crippen molar-refractivity contribution in [3.63, 3.8) is 0 Å². The Bertz CT molecular complexity index is 459. The normalized spacial score (nSPS) is 16.1. The molecule has 0 bridgehead atoms. The van der Waals surface area contributed by atoms with E-state index in [4.69, 9.17) is 5.53 Å². The molecule has 0 aromatic carbocycles. The van der Waals surface area contributed by atoms with Crippen molar-refractivity contribution >= 4 is 17.5 Å². The molecule has 0 aliphatic carbocycles. The molecule has 0 fully saturated rings. The van der Waals surface area contributed by atoms with E-state index in [0.29, 0.717) is 18.1 Å². The summed E-state index contributed by atoms with van der Waals surface area (Å²) in [5.41, 5.74) is 8.34. The van der Waals surface area contributed by atoms with E-state index in [9.17, 15) is 4.79 Å². The zero-order valence-corrected chi connectivity index (χ0v) is 9.00. The Labute approximate surface area is 92.3 Å². The van der Waals surface area contributed by atoms with Crippen molar-refractivity contribution in [2.75, 3.05) is 11.9 Å². The van der Waals surface area contributed by atoms with Gasteiger partial charge in [0.25, 0.3) is 0 Å². The highest BCUT2D eigenvalue weighted by Crippen LogP contribution is 2.24. The number of carbonyl (C=O) groups is 1. The second-order valence-electron chi connectivity index (χ2n) is 3.68. The lowest BCUT2D eigenvalue weighted by Crippen LogP contribution is -2.29. The monoisotopic (exact) mass is 220 g/mol. The van der Waals surface area contributed by atoms with E-state index < -0.39 is 0 Å². The number of amides is 1. The molecule has 0 spiro atoms. The number of rotatable bonds is 1. The summed E-state index contributed by atoms with van der Waals surface area (Å²) in [5, 5.41) is 7.57. The Morgan fingerprint density at radius 2 is 2.38 bits per heavy atom. The highest BCUT2D eigenvalue weighted by atomic mass is 16.2. The van der Waals surface area contributed by atoms with Crippen LogP contribution < -0.4 is 4.90 Å². The van der Waals surface area contributed by atoms with Crippen molar-refractivity contribution in [1.29, 1.82) is 0 Å². The molecule has 0 atom stereocenters. The van der Waals surface area contributed by atoms with E-state index in [1.807, 2.05) is 0 Å². The fraction of sp³-hybridized carbons (Fsp3) is 0.556. The van der Waals surface area contributed by atoms with Crippen LogP contribution in [0.3, 0.4) is 0 Å². The summed E-state index contributed by atoms with van der Waals surface area (Å²) < 4.78 is 1.71. The third kappa shape index (κ3) is 1.85. The van der Waals surface area contributed by atoms with Gasteiger partial charge in [-0.05, 0) is 23.5 Å². The minimum Gasteiger partial charge on any atom is -0.300 e. The molecule has 0 saturated carbocycles. The van der Waals surface area contributed by atoms with Crippen molar-refractivity contribution < 1.29 is 4.79 Å². The molecule has 16 heavy (non-hydrogen) atoms. The van der Waals surface area contributed by atoms with Gasteiger partial charge in [-0.2, -0.15) is 5.10 Å². The van der Waals surface area contributed by atoms with Gasteiger partial charge < -0.3 is 4.90 Å². The number of aromatic nitrogens is 2. The van der Waals surface area contributed by atoms with Gasteiger partial charge in [0, 0.05) is 31.0 Å². The minimum absolute atomic E-state index is 0.0633. The first kappa shape index (κ1) is 10.5. The van der Waals surface area contributed by atoms with E-state index in [0.717, 1.165) is 19.4 Å². The first-order valence-electron chi connectivity index (χ1n) is 5.12. The van der Waals surface area contributed by atoms with Gasteiger partial charge in [0.05, 0.1) is 0 Å². The number of nitrogens with zero attached hydrogens (tertiary/aromatic N) is 6. The van der Waals surface area contributed by atoms with Gasteiger partial charge in [-0.3, -0.25) is 4.79 Å². The largest absolute Gasteiger partial charge is 0.300 e. The van der Waals surface area contributed by atoms with Gasteiger partial charge in [-0.25, -0.2) is 4.68 Å². The van der Waals surface area contributed by atoms with Crippen LogP contribution in [0, 0.1) is 0 Å². The molecule has 1 aromatic heterocycles. The molecule has 0 radical (unpaired) electrons. The molecule has 1 aromatic rings. The molecule has 1 amide bonds. The fourth-order valence-electron chi connectivity index (χ4n) is 1.76. The highest BCUT2D eigenvalue weighted by Gasteiger charge is 2.19. The second-order valence-corrected chi connectivity index (χ2v) is 3.68. The zero-order chi connectivity index (χ0) is 11.5. The van der Waals surface area contributed by atoms with Gasteiger partial charge in [0.2, 0.25) is 5.91 Å². The molecule has 1 aliphatic rings. The van der Waals surface area contributed by atoms with Crippen molar-refractivity contribution in [3.8, 4) is 0 Å². The quantitative estimate of drug-likeness (QED) is 0.411. The lowest BCUT2D eigenvalue weighted by atomic mass is 10.2. The summed E-state index contributed by atoms with van der Waals surface area (Å²) in [4.78, 5) is 15.9. The smallest absolute Gasteiger partial charge is 0.227 e. The first-order valence-corrected chi connectivity index (χ1v) is 5.12. The molecule has 0 N–H and O–H groups in total. The Hall–Kier alpha value is -2.01. The second kappa shape index (κ2) is 4.24. The van der Waals surface area contributed by atoms with Gasteiger partial charge in [0.1, 0.15) is 5.82 Å². The predicted octanol–water partition coefficient (Wildman–Crippen LogP) is 1.97. The summed E-state index contributed by atoms with van der Waals surface area (Å²) in [6, 6.07) is 1.63. The van der Waals surface area contributed by atoms with Gasteiger partial charge in [0.15, 0.2) is 5.82 Å². The van der Waals surface area contributed by atoms with Gasteiger partial charge in [-0.15, -0.1) is 0 Å². The van der Waals surface area contributed by atoms with Gasteiger partial charge >= 0.3 is 0 Å². The first-order chi connectivity index (χ1) is 7.72. The Morgan fingerprint density at radius 1 is 1.56 bits per heavy atom. The molecule has 2 rings (SSSR count). The van der Waals surface area contributed by atoms with Crippen LogP contribution >= 0.6 is 0 Å². The third-order valence-corrected chi connectivity index (χ3v) is 2.62. The third-order valence-electron chi connectivity index (χ3n) is 2.62. The maximum atomic E-state index is 11.7. The summed E-state index contributed by atoms with van der Waals surface area (Å²) in [7, 11) is 1.71. The van der Waals surface area contributed by atoms with Crippen molar-refractivity contribution in [2.45, 2.75) is 25.8 Å². The highest BCUT2D eigenvalue weighted by molar-refractivity contribution is 5.92. The molecule has 7 nitrogen and oxygen atoms in total. The van der Waals surface area contributed by atoms with Crippen LogP contribution in [0.5, 0.6) is 0 Å². The van der Waals surface area contributed by atoms with Crippen LogP contribution in [0.25, 0.3) is 10.4 Å². The maximum Gasteiger partial charge on any atom is 0.227 e.